The van der Waals surface area contributed by atoms with Crippen LogP contribution in [0.1, 0.15) is 38.9 Å². The third-order valence-electron chi connectivity index (χ3n) is 23.4. The van der Waals surface area contributed by atoms with Crippen LogP contribution in [-0.4, -0.2) is 0 Å². The van der Waals surface area contributed by atoms with E-state index in [0.717, 1.165) is 133 Å². The Morgan fingerprint density at radius 1 is 0.224 bits per heavy atom. The molecule has 22 rings (SSSR count). The van der Waals surface area contributed by atoms with Gasteiger partial charge in [-0.1, -0.05) is 339 Å². The maximum atomic E-state index is 7.30. The molecule has 0 saturated carbocycles. The zero-order chi connectivity index (χ0) is 70.5. The van der Waals surface area contributed by atoms with E-state index in [-0.39, 0.29) is 0 Å². The third kappa shape index (κ3) is 8.61. The molecule has 2 aliphatic rings. The molecule has 0 aliphatic heterocycles. The summed E-state index contributed by atoms with van der Waals surface area (Å²) in [5.41, 5.74) is 24.5. The zero-order valence-corrected chi connectivity index (χ0v) is 58.6. The van der Waals surface area contributed by atoms with Crippen molar-refractivity contribution in [3.63, 3.8) is 0 Å². The van der Waals surface area contributed by atoms with Gasteiger partial charge in [-0.2, -0.15) is 0 Å². The number of nitrogens with zero attached hydrogens (tertiary/aromatic N) is 2. The second-order valence-corrected chi connectivity index (χ2v) is 28.8. The molecule has 20 aromatic rings. The lowest BCUT2D eigenvalue weighted by Crippen LogP contribution is -2.50. The highest BCUT2D eigenvalue weighted by molar-refractivity contribution is 6.22. The summed E-state index contributed by atoms with van der Waals surface area (Å²) in [7, 11) is 0. The fourth-order valence-corrected chi connectivity index (χ4v) is 19.3. The number of anilines is 6. The highest BCUT2D eigenvalue weighted by Crippen LogP contribution is 2.73. The molecule has 0 bridgehead atoms. The smallest absolute Gasteiger partial charge is 0.159 e. The predicted molar refractivity (Wildman–Crippen MR) is 446 cm³/mol. The third-order valence-corrected chi connectivity index (χ3v) is 23.4. The van der Waals surface area contributed by atoms with E-state index in [0.29, 0.717) is 0 Å². The molecule has 107 heavy (non-hydrogen) atoms. The van der Waals surface area contributed by atoms with Crippen LogP contribution in [0.15, 0.2) is 391 Å². The van der Waals surface area contributed by atoms with Crippen LogP contribution in [-0.2, 0) is 10.8 Å². The van der Waals surface area contributed by atoms with Crippen LogP contribution in [0.25, 0.3) is 131 Å². The van der Waals surface area contributed by atoms with E-state index in [2.05, 4.69) is 399 Å². The molecule has 500 valence electrons. The van der Waals surface area contributed by atoms with Gasteiger partial charge in [0.15, 0.2) is 11.2 Å². The predicted octanol–water partition coefficient (Wildman–Crippen LogP) is 28.0. The molecule has 0 N–H and O–H groups in total. The second kappa shape index (κ2) is 23.6. The lowest BCUT2D eigenvalue weighted by molar-refractivity contribution is 0.438. The molecule has 2 atom stereocenters. The van der Waals surface area contributed by atoms with E-state index in [1.165, 1.54) is 71.6 Å². The van der Waals surface area contributed by atoms with E-state index >= 15 is 0 Å². The maximum Gasteiger partial charge on any atom is 0.159 e. The minimum absolute atomic E-state index is 0.808. The summed E-state index contributed by atoms with van der Waals surface area (Å²) in [6.45, 7) is 2.19. The first-order chi connectivity index (χ1) is 53.0. The van der Waals surface area contributed by atoms with Gasteiger partial charge in [0.05, 0.1) is 45.0 Å². The maximum absolute atomic E-state index is 7.30. The molecule has 0 spiro atoms. The van der Waals surface area contributed by atoms with E-state index in [1.54, 1.807) is 0 Å². The van der Waals surface area contributed by atoms with Crippen molar-refractivity contribution in [2.45, 2.75) is 17.8 Å². The first-order valence-electron chi connectivity index (χ1n) is 37.0. The molecule has 0 saturated heterocycles. The fourth-order valence-electron chi connectivity index (χ4n) is 19.3. The summed E-state index contributed by atoms with van der Waals surface area (Å²) >= 11 is 0. The van der Waals surface area contributed by atoms with Crippen LogP contribution < -0.4 is 9.80 Å². The molecule has 0 fully saturated rings. The summed E-state index contributed by atoms with van der Waals surface area (Å²) in [4.78, 5) is 5.09. The number of benzene rings is 18. The van der Waals surface area contributed by atoms with Gasteiger partial charge in [0.25, 0.3) is 0 Å². The minimum Gasteiger partial charge on any atom is -0.454 e. The van der Waals surface area contributed by atoms with E-state index in [1.807, 2.05) is 0 Å². The summed E-state index contributed by atoms with van der Waals surface area (Å²) in [6, 6.07) is 143. The highest BCUT2D eigenvalue weighted by Gasteiger charge is 2.65. The number of furan rings is 2. The standard InChI is InChI=1S/C103H66N2O2/c1-65-30-27-35-69(62-65)73-41-20-24-53-89(73)105(91-55-29-51-83-79-47-22-26-57-95(79)107-101(83)91)93-64-87-99(81-49-18-16-45-77(81)93)97-75-43-14-12-34-68(75)59-61-85(97)103(87,71-38-9-4-10-39-71)102(70-36-7-3-8-37-70)84-60-58-67-33-11-13-42-74(67)96(84)98-80-48-17-15-44-76(80)92(63-86(98)102)104(88-52-23-19-40-72(88)66-31-5-2-6-32-66)90-54-28-50-82-78-46-21-25-56-94(78)106-100(82)90/h2-64H,1H3. The summed E-state index contributed by atoms with van der Waals surface area (Å²) in [5, 5.41) is 13.5. The molecule has 4 nitrogen and oxygen atoms in total. The van der Waals surface area contributed by atoms with Crippen molar-refractivity contribution in [2.75, 3.05) is 9.80 Å². The summed E-state index contributed by atoms with van der Waals surface area (Å²) in [6.07, 6.45) is 0. The molecule has 4 heteroatoms. The number of para-hydroxylation sites is 6. The quantitative estimate of drug-likeness (QED) is 0.129. The molecule has 2 aromatic heterocycles. The van der Waals surface area contributed by atoms with Crippen molar-refractivity contribution in [3.8, 4) is 44.5 Å². The average Bonchev–Trinajstić information content (AvgIpc) is 1.48. The number of hydrogen-bond acceptors (Lipinski definition) is 4. The first-order valence-corrected chi connectivity index (χ1v) is 37.0. The summed E-state index contributed by atoms with van der Waals surface area (Å²) in [5.74, 6) is 0. The van der Waals surface area contributed by atoms with E-state index in [4.69, 9.17) is 8.83 Å². The van der Waals surface area contributed by atoms with Gasteiger partial charge in [0.1, 0.15) is 11.2 Å². The SMILES string of the molecule is Cc1cccc(-c2ccccc2N(c2cc3c(c4ccccc24)-c2c(ccc4ccccc24)C3(c2ccccc2)C2(c3ccccc3)c3ccc4ccccc4c3-c3c2cc(N(c2ccccc2-c2ccccc2)c2cccc4c2oc2ccccc24)c2ccccc32)c2cccc3c2oc2ccccc23)c1. The number of hydrogen-bond donors (Lipinski definition) is 0. The average molecular weight is 1360 g/mol. The van der Waals surface area contributed by atoms with Crippen LogP contribution in [0.3, 0.4) is 0 Å². The van der Waals surface area contributed by atoms with Gasteiger partial charge in [-0.15, -0.1) is 0 Å². The Labute approximate surface area is 619 Å². The molecule has 0 radical (unpaired) electrons. The highest BCUT2D eigenvalue weighted by atomic mass is 16.3. The molecule has 2 aliphatic carbocycles. The van der Waals surface area contributed by atoms with E-state index in [9.17, 15) is 0 Å². The number of aryl methyl sites for hydroxylation is 1. The minimum atomic E-state index is -1.14. The molecule has 2 heterocycles. The van der Waals surface area contributed by atoms with E-state index < -0.39 is 10.8 Å². The Balaban J connectivity index is 0.963. The van der Waals surface area contributed by atoms with Crippen LogP contribution in [0.5, 0.6) is 0 Å². The topological polar surface area (TPSA) is 32.8 Å². The van der Waals surface area contributed by atoms with Crippen molar-refractivity contribution < 1.29 is 8.83 Å². The van der Waals surface area contributed by atoms with Gasteiger partial charge in [-0.05, 0) is 155 Å². The van der Waals surface area contributed by atoms with Gasteiger partial charge in [0.2, 0.25) is 0 Å². The molecule has 18 aromatic carbocycles. The normalized spacial score (nSPS) is 15.0. The largest absolute Gasteiger partial charge is 0.454 e. The van der Waals surface area contributed by atoms with Gasteiger partial charge in [-0.3, -0.25) is 0 Å². The van der Waals surface area contributed by atoms with Crippen molar-refractivity contribution >= 4 is 121 Å². The number of rotatable bonds is 11. The van der Waals surface area contributed by atoms with Crippen molar-refractivity contribution in [2.24, 2.45) is 0 Å². The molecule has 0 amide bonds. The Bertz CT molecular complexity index is 7000. The van der Waals surface area contributed by atoms with Gasteiger partial charge >= 0.3 is 0 Å². The van der Waals surface area contributed by atoms with Crippen LogP contribution in [0.2, 0.25) is 0 Å². The van der Waals surface area contributed by atoms with Crippen LogP contribution >= 0.6 is 0 Å². The van der Waals surface area contributed by atoms with Crippen LogP contribution in [0, 0.1) is 6.92 Å². The van der Waals surface area contributed by atoms with Crippen molar-refractivity contribution in [1.29, 1.82) is 0 Å². The lowest BCUT2D eigenvalue weighted by Gasteiger charge is -2.51. The van der Waals surface area contributed by atoms with Crippen molar-refractivity contribution in [1.82, 2.24) is 0 Å². The summed E-state index contributed by atoms with van der Waals surface area (Å²) < 4.78 is 14.6. The monoisotopic (exact) mass is 1360 g/mol. The zero-order valence-electron chi connectivity index (χ0n) is 58.6. The molecule has 2 unspecified atom stereocenters. The van der Waals surface area contributed by atoms with Gasteiger partial charge in [-0.25, -0.2) is 0 Å². The number of fused-ring (bicyclic) bond motifs is 20. The Hall–Kier alpha value is -13.8. The second-order valence-electron chi connectivity index (χ2n) is 28.8. The molecular weight excluding hydrogens is 1300 g/mol. The molecular formula is C103H66N2O2. The Kier molecular flexibility index (Phi) is 13.4. The lowest BCUT2D eigenvalue weighted by atomic mass is 9.49. The Morgan fingerprint density at radius 2 is 0.570 bits per heavy atom. The fraction of sp³-hybridized carbons (Fsp3) is 0.0291. The first kappa shape index (κ1) is 60.7. The van der Waals surface area contributed by atoms with Gasteiger partial charge < -0.3 is 18.6 Å². The van der Waals surface area contributed by atoms with Gasteiger partial charge in [0, 0.05) is 43.4 Å². The van der Waals surface area contributed by atoms with Crippen LogP contribution in [0.4, 0.5) is 34.1 Å². The Morgan fingerprint density at radius 3 is 1.05 bits per heavy atom. The van der Waals surface area contributed by atoms with Crippen molar-refractivity contribution in [3.05, 3.63) is 421 Å².